The van der Waals surface area contributed by atoms with Crippen LogP contribution in [-0.2, 0) is 25.9 Å². The van der Waals surface area contributed by atoms with Crippen molar-refractivity contribution < 1.29 is 17.9 Å². The number of aryl methyl sites for hydroxylation is 1. The number of hydrogen-bond donors (Lipinski definition) is 1. The summed E-state index contributed by atoms with van der Waals surface area (Å²) in [7, 11) is -3.49. The minimum absolute atomic E-state index is 0.491. The van der Waals surface area contributed by atoms with Gasteiger partial charge in [0.25, 0.3) is 0 Å². The highest BCUT2D eigenvalue weighted by Gasteiger charge is 2.39. The van der Waals surface area contributed by atoms with Crippen molar-refractivity contribution in [2.24, 2.45) is 0 Å². The largest absolute Gasteiger partial charge is 0.344 e. The van der Waals surface area contributed by atoms with Gasteiger partial charge in [0.15, 0.2) is 5.79 Å². The Hall–Kier alpha value is -1.37. The third-order valence-electron chi connectivity index (χ3n) is 5.34. The lowest BCUT2D eigenvalue weighted by Gasteiger charge is -2.30. The zero-order valence-electron chi connectivity index (χ0n) is 16.2. The number of ether oxygens (including phenoxy) is 2. The molecular weight excluding hydrogens is 362 g/mol. The zero-order valence-corrected chi connectivity index (χ0v) is 17.0. The molecule has 2 aliphatic rings. The van der Waals surface area contributed by atoms with Crippen molar-refractivity contribution in [1.29, 1.82) is 0 Å². The van der Waals surface area contributed by atoms with E-state index in [4.69, 9.17) is 9.47 Å². The van der Waals surface area contributed by atoms with E-state index in [9.17, 15) is 8.42 Å². The summed E-state index contributed by atoms with van der Waals surface area (Å²) in [5.41, 5.74) is 1.77. The van der Waals surface area contributed by atoms with E-state index in [1.165, 1.54) is 25.7 Å². The van der Waals surface area contributed by atoms with E-state index in [0.717, 1.165) is 18.4 Å². The Kier molecular flexibility index (Phi) is 6.95. The molecule has 1 spiro atoms. The van der Waals surface area contributed by atoms with Gasteiger partial charge in [0.05, 0.1) is 24.2 Å². The van der Waals surface area contributed by atoms with Crippen LogP contribution in [0.5, 0.6) is 0 Å². The molecule has 0 radical (unpaired) electrons. The van der Waals surface area contributed by atoms with Gasteiger partial charge in [-0.1, -0.05) is 56.9 Å². The van der Waals surface area contributed by atoms with E-state index < -0.39 is 21.1 Å². The molecule has 150 valence electrons. The van der Waals surface area contributed by atoms with Crippen LogP contribution >= 0.6 is 0 Å². The topological polar surface area (TPSA) is 64.6 Å². The van der Waals surface area contributed by atoms with E-state index in [2.05, 4.69) is 11.6 Å². The molecule has 1 aliphatic heterocycles. The van der Waals surface area contributed by atoms with Gasteiger partial charge in [-0.15, -0.1) is 0 Å². The zero-order chi connectivity index (χ0) is 19.2. The number of benzene rings is 1. The van der Waals surface area contributed by atoms with Crippen LogP contribution in [0.2, 0.25) is 0 Å². The summed E-state index contributed by atoms with van der Waals surface area (Å²) < 4.78 is 39.8. The Bertz CT molecular complexity index is 738. The first kappa shape index (κ1) is 20.4. The van der Waals surface area contributed by atoms with E-state index in [1.54, 1.807) is 12.2 Å². The average Bonchev–Trinajstić information content (AvgIpc) is 3.11. The van der Waals surface area contributed by atoms with Crippen LogP contribution in [-0.4, -0.2) is 32.7 Å². The van der Waals surface area contributed by atoms with Crippen LogP contribution in [0.25, 0.3) is 0 Å². The number of nitrogens with one attached hydrogen (secondary N) is 1. The van der Waals surface area contributed by atoms with E-state index in [0.29, 0.717) is 31.7 Å². The Morgan fingerprint density at radius 2 is 1.85 bits per heavy atom. The van der Waals surface area contributed by atoms with Crippen LogP contribution in [0, 0.1) is 0 Å². The summed E-state index contributed by atoms with van der Waals surface area (Å²) in [4.78, 5) is 0. The molecule has 0 bridgehead atoms. The van der Waals surface area contributed by atoms with Gasteiger partial charge in [0, 0.05) is 6.42 Å². The van der Waals surface area contributed by atoms with Crippen molar-refractivity contribution in [1.82, 2.24) is 0 Å². The molecule has 1 fully saturated rings. The van der Waals surface area contributed by atoms with Crippen molar-refractivity contribution in [2.45, 2.75) is 69.3 Å². The Balaban J connectivity index is 1.62. The van der Waals surface area contributed by atoms with Gasteiger partial charge in [0.2, 0.25) is 10.0 Å². The second-order valence-electron chi connectivity index (χ2n) is 7.41. The number of unbranched alkanes of at least 4 members (excludes halogenated alkanes) is 4. The van der Waals surface area contributed by atoms with Gasteiger partial charge < -0.3 is 9.47 Å². The Labute approximate surface area is 163 Å². The normalized spacial score (nSPS) is 21.6. The first-order valence-corrected chi connectivity index (χ1v) is 11.7. The molecule has 1 aliphatic carbocycles. The summed E-state index contributed by atoms with van der Waals surface area (Å²) in [5, 5.41) is -0.562. The second-order valence-corrected chi connectivity index (χ2v) is 9.31. The first-order chi connectivity index (χ1) is 13.0. The lowest BCUT2D eigenvalue weighted by atomic mass is 10.0. The Morgan fingerprint density at radius 3 is 2.56 bits per heavy atom. The van der Waals surface area contributed by atoms with Crippen LogP contribution in [0.4, 0.5) is 5.69 Å². The SMILES string of the molecule is CCCCCCCc1ccccc1NS(=O)(=O)C1C=CC2(CC1)OCCO2. The predicted octanol–water partition coefficient (Wildman–Crippen LogP) is 4.40. The van der Waals surface area contributed by atoms with Gasteiger partial charge in [-0.3, -0.25) is 4.72 Å². The van der Waals surface area contributed by atoms with Crippen molar-refractivity contribution in [2.75, 3.05) is 17.9 Å². The molecule has 0 amide bonds. The predicted molar refractivity (Wildman–Crippen MR) is 108 cm³/mol. The lowest BCUT2D eigenvalue weighted by Crippen LogP contribution is -2.37. The molecule has 1 heterocycles. The highest BCUT2D eigenvalue weighted by atomic mass is 32.2. The minimum Gasteiger partial charge on any atom is -0.344 e. The smallest absolute Gasteiger partial charge is 0.239 e. The molecule has 0 saturated carbocycles. The van der Waals surface area contributed by atoms with Gasteiger partial charge in [0.1, 0.15) is 0 Å². The molecule has 0 aromatic heterocycles. The fraction of sp³-hybridized carbons (Fsp3) is 0.619. The summed E-state index contributed by atoms with van der Waals surface area (Å²) >= 11 is 0. The average molecular weight is 394 g/mol. The van der Waals surface area contributed by atoms with Gasteiger partial charge >= 0.3 is 0 Å². The molecule has 1 unspecified atom stereocenters. The highest BCUT2D eigenvalue weighted by molar-refractivity contribution is 7.93. The molecule has 27 heavy (non-hydrogen) atoms. The number of anilines is 1. The van der Waals surface area contributed by atoms with E-state index >= 15 is 0 Å². The molecule has 5 nitrogen and oxygen atoms in total. The fourth-order valence-electron chi connectivity index (χ4n) is 3.73. The number of rotatable bonds is 9. The third-order valence-corrected chi connectivity index (χ3v) is 7.03. The van der Waals surface area contributed by atoms with Crippen LogP contribution in [0.3, 0.4) is 0 Å². The lowest BCUT2D eigenvalue weighted by molar-refractivity contribution is -0.124. The molecule has 1 atom stereocenters. The van der Waals surface area contributed by atoms with E-state index in [-0.39, 0.29) is 0 Å². The molecular formula is C21H31NO4S. The van der Waals surface area contributed by atoms with Gasteiger partial charge in [-0.05, 0) is 37.0 Å². The van der Waals surface area contributed by atoms with Crippen LogP contribution < -0.4 is 4.72 Å². The summed E-state index contributed by atoms with van der Waals surface area (Å²) in [6.07, 6.45) is 11.4. The standard InChI is InChI=1S/C21H31NO4S/c1-2-3-4-5-6-9-18-10-7-8-11-20(18)22-27(23,24)19-12-14-21(15-13-19)25-16-17-26-21/h7-8,10-12,14,19,22H,2-6,9,13,15-17H2,1H3. The summed E-state index contributed by atoms with van der Waals surface area (Å²) in [6, 6.07) is 7.72. The Morgan fingerprint density at radius 1 is 1.11 bits per heavy atom. The van der Waals surface area contributed by atoms with Crippen molar-refractivity contribution in [3.05, 3.63) is 42.0 Å². The number of para-hydroxylation sites is 1. The summed E-state index contributed by atoms with van der Waals surface area (Å²) in [6.45, 7) is 3.33. The highest BCUT2D eigenvalue weighted by Crippen LogP contribution is 2.33. The van der Waals surface area contributed by atoms with Crippen LogP contribution in [0.1, 0.15) is 57.4 Å². The number of sulfonamides is 1. The summed E-state index contributed by atoms with van der Waals surface area (Å²) in [5.74, 6) is -0.706. The van der Waals surface area contributed by atoms with E-state index in [1.807, 2.05) is 24.3 Å². The van der Waals surface area contributed by atoms with Gasteiger partial charge in [-0.2, -0.15) is 0 Å². The van der Waals surface area contributed by atoms with Gasteiger partial charge in [-0.25, -0.2) is 8.42 Å². The molecule has 1 aromatic rings. The van der Waals surface area contributed by atoms with Crippen molar-refractivity contribution in [3.63, 3.8) is 0 Å². The maximum Gasteiger partial charge on any atom is 0.239 e. The molecule has 1 saturated heterocycles. The fourth-order valence-corrected chi connectivity index (χ4v) is 5.10. The molecule has 3 rings (SSSR count). The van der Waals surface area contributed by atoms with Crippen molar-refractivity contribution in [3.8, 4) is 0 Å². The molecule has 1 N–H and O–H groups in total. The quantitative estimate of drug-likeness (QED) is 0.499. The third kappa shape index (κ3) is 5.33. The number of hydrogen-bond acceptors (Lipinski definition) is 4. The maximum atomic E-state index is 12.9. The molecule has 1 aromatic carbocycles. The minimum atomic E-state index is -3.49. The monoisotopic (exact) mass is 393 g/mol. The van der Waals surface area contributed by atoms with Crippen molar-refractivity contribution >= 4 is 15.7 Å². The molecule has 6 heteroatoms. The maximum absolute atomic E-state index is 12.9. The van der Waals surface area contributed by atoms with Crippen LogP contribution in [0.15, 0.2) is 36.4 Å². The second kappa shape index (κ2) is 9.22. The first-order valence-electron chi connectivity index (χ1n) is 10.1.